The highest BCUT2D eigenvalue weighted by Gasteiger charge is 2.38. The minimum Gasteiger partial charge on any atom is -0.360 e. The molecule has 4 rings (SSSR count). The molecule has 0 saturated carbocycles. The number of carbonyl (C=O) groups excluding carboxylic acids is 1. The average molecular weight is 396 g/mol. The van der Waals surface area contributed by atoms with Crippen LogP contribution in [0.25, 0.3) is 0 Å². The summed E-state index contributed by atoms with van der Waals surface area (Å²) in [5.74, 6) is 0.739. The third-order valence-electron chi connectivity index (χ3n) is 5.13. The van der Waals surface area contributed by atoms with Crippen LogP contribution in [0.3, 0.4) is 0 Å². The summed E-state index contributed by atoms with van der Waals surface area (Å²) in [5, 5.41) is 9.12. The van der Waals surface area contributed by atoms with Crippen molar-refractivity contribution in [2.45, 2.75) is 45.3 Å². The van der Waals surface area contributed by atoms with E-state index in [0.717, 1.165) is 22.8 Å². The van der Waals surface area contributed by atoms with Gasteiger partial charge >= 0.3 is 0 Å². The van der Waals surface area contributed by atoms with Gasteiger partial charge in [-0.3, -0.25) is 4.79 Å². The zero-order valence-corrected chi connectivity index (χ0v) is 17.5. The number of amides is 1. The third-order valence-corrected chi connectivity index (χ3v) is 6.16. The Balaban J connectivity index is 1.62. The number of anilines is 1. The normalized spacial score (nSPS) is 17.6. The number of thiazole rings is 1. The summed E-state index contributed by atoms with van der Waals surface area (Å²) in [6.07, 6.45) is 4.45. The van der Waals surface area contributed by atoms with Gasteiger partial charge in [-0.1, -0.05) is 30.3 Å². The molecule has 0 fully saturated rings. The summed E-state index contributed by atoms with van der Waals surface area (Å²) < 4.78 is 1.94. The van der Waals surface area contributed by atoms with Crippen molar-refractivity contribution in [1.29, 1.82) is 0 Å². The highest BCUT2D eigenvalue weighted by Crippen LogP contribution is 2.41. The number of carbonyl (C=O) groups is 1. The predicted octanol–water partition coefficient (Wildman–Crippen LogP) is 4.21. The molecule has 1 aliphatic heterocycles. The van der Waals surface area contributed by atoms with E-state index in [4.69, 9.17) is 0 Å². The van der Waals surface area contributed by atoms with Crippen LogP contribution in [0.5, 0.6) is 0 Å². The van der Waals surface area contributed by atoms with E-state index < -0.39 is 0 Å². The summed E-state index contributed by atoms with van der Waals surface area (Å²) in [5.41, 5.74) is 1.50. The van der Waals surface area contributed by atoms with Crippen molar-refractivity contribution in [1.82, 2.24) is 19.7 Å². The Bertz CT molecular complexity index is 991. The van der Waals surface area contributed by atoms with Crippen molar-refractivity contribution in [3.05, 3.63) is 63.7 Å². The Morgan fingerprint density at radius 1 is 1.32 bits per heavy atom. The van der Waals surface area contributed by atoms with Crippen LogP contribution in [-0.2, 0) is 12.1 Å². The molecule has 2 aromatic heterocycles. The van der Waals surface area contributed by atoms with E-state index >= 15 is 0 Å². The fourth-order valence-electron chi connectivity index (χ4n) is 3.72. The number of fused-ring (bicyclic) bond motifs is 1. The summed E-state index contributed by atoms with van der Waals surface area (Å²) in [7, 11) is 1.83. The maximum atomic E-state index is 13.2. The molecular weight excluding hydrogens is 370 g/mol. The van der Waals surface area contributed by atoms with Gasteiger partial charge in [0, 0.05) is 24.7 Å². The van der Waals surface area contributed by atoms with Gasteiger partial charge in [-0.2, -0.15) is 5.10 Å². The lowest BCUT2D eigenvalue weighted by Crippen LogP contribution is -2.38. The van der Waals surface area contributed by atoms with Crippen molar-refractivity contribution in [3.8, 4) is 0 Å². The van der Waals surface area contributed by atoms with Crippen LogP contribution >= 0.6 is 11.3 Å². The van der Waals surface area contributed by atoms with Crippen molar-refractivity contribution < 1.29 is 4.79 Å². The first-order valence-corrected chi connectivity index (χ1v) is 10.2. The Morgan fingerprint density at radius 3 is 2.75 bits per heavy atom. The molecular formula is C21H25N5OS. The molecule has 146 valence electrons. The number of rotatable bonds is 4. The van der Waals surface area contributed by atoms with Gasteiger partial charge in [-0.05, 0) is 32.8 Å². The molecule has 1 aliphatic rings. The van der Waals surface area contributed by atoms with Crippen LogP contribution in [0.2, 0.25) is 0 Å². The fourth-order valence-corrected chi connectivity index (χ4v) is 4.55. The van der Waals surface area contributed by atoms with Crippen molar-refractivity contribution in [3.63, 3.8) is 0 Å². The molecule has 1 unspecified atom stereocenters. The van der Waals surface area contributed by atoms with Gasteiger partial charge in [-0.15, -0.1) is 11.3 Å². The first-order valence-electron chi connectivity index (χ1n) is 9.42. The standard InChI is InChI=1S/C21H25N5OS/c1-14-11-22-19(28-14)17-10-21(2,3)26-18(24-17)16(12-23-26)20(27)25(4)13-15-8-6-5-7-9-15/h5-9,11-12,17,24H,10,13H2,1-4H3. The summed E-state index contributed by atoms with van der Waals surface area (Å²) in [6.45, 7) is 6.93. The molecule has 3 heterocycles. The molecule has 0 spiro atoms. The largest absolute Gasteiger partial charge is 0.360 e. The molecule has 1 atom stereocenters. The van der Waals surface area contributed by atoms with E-state index in [0.29, 0.717) is 12.1 Å². The molecule has 0 aliphatic carbocycles. The average Bonchev–Trinajstić information content (AvgIpc) is 3.28. The maximum absolute atomic E-state index is 13.2. The summed E-state index contributed by atoms with van der Waals surface area (Å²) in [4.78, 5) is 20.6. The number of nitrogens with one attached hydrogen (secondary N) is 1. The lowest BCUT2D eigenvalue weighted by atomic mass is 9.93. The van der Waals surface area contributed by atoms with Gasteiger partial charge in [0.05, 0.1) is 17.8 Å². The highest BCUT2D eigenvalue weighted by molar-refractivity contribution is 7.11. The monoisotopic (exact) mass is 395 g/mol. The quantitative estimate of drug-likeness (QED) is 0.719. The van der Waals surface area contributed by atoms with Gasteiger partial charge in [0.25, 0.3) is 5.91 Å². The van der Waals surface area contributed by atoms with Crippen LogP contribution in [-0.4, -0.2) is 32.6 Å². The SMILES string of the molecule is Cc1cnc(C2CC(C)(C)n3ncc(C(=O)N(C)Cc4ccccc4)c3N2)s1. The molecule has 0 radical (unpaired) electrons. The van der Waals surface area contributed by atoms with Gasteiger partial charge in [0.15, 0.2) is 0 Å². The van der Waals surface area contributed by atoms with Gasteiger partial charge in [-0.25, -0.2) is 9.67 Å². The molecule has 1 aromatic carbocycles. The lowest BCUT2D eigenvalue weighted by Gasteiger charge is -2.37. The second-order valence-electron chi connectivity index (χ2n) is 7.99. The van der Waals surface area contributed by atoms with Crippen LogP contribution in [0.15, 0.2) is 42.7 Å². The van der Waals surface area contributed by atoms with E-state index in [1.807, 2.05) is 48.3 Å². The van der Waals surface area contributed by atoms with E-state index in [-0.39, 0.29) is 17.5 Å². The van der Waals surface area contributed by atoms with E-state index in [1.165, 1.54) is 4.88 Å². The van der Waals surface area contributed by atoms with Crippen LogP contribution < -0.4 is 5.32 Å². The molecule has 0 bridgehead atoms. The molecule has 1 amide bonds. The lowest BCUT2D eigenvalue weighted by molar-refractivity contribution is 0.0785. The van der Waals surface area contributed by atoms with E-state index in [9.17, 15) is 4.79 Å². The summed E-state index contributed by atoms with van der Waals surface area (Å²) in [6, 6.07) is 10.1. The second-order valence-corrected chi connectivity index (χ2v) is 9.25. The Labute approximate surface area is 169 Å². The van der Waals surface area contributed by atoms with Gasteiger partial charge in [0.2, 0.25) is 0 Å². The minimum absolute atomic E-state index is 0.0376. The zero-order chi connectivity index (χ0) is 19.9. The predicted molar refractivity (Wildman–Crippen MR) is 112 cm³/mol. The van der Waals surface area contributed by atoms with Crippen molar-refractivity contribution >= 4 is 23.1 Å². The molecule has 3 aromatic rings. The van der Waals surface area contributed by atoms with Crippen LogP contribution in [0.1, 0.15) is 52.1 Å². The van der Waals surface area contributed by atoms with Crippen molar-refractivity contribution in [2.24, 2.45) is 0 Å². The van der Waals surface area contributed by atoms with Gasteiger partial charge in [0.1, 0.15) is 16.4 Å². The van der Waals surface area contributed by atoms with Gasteiger partial charge < -0.3 is 10.2 Å². The fraction of sp³-hybridized carbons (Fsp3) is 0.381. The minimum atomic E-state index is -0.207. The first-order chi connectivity index (χ1) is 13.3. The highest BCUT2D eigenvalue weighted by atomic mass is 32.1. The van der Waals surface area contributed by atoms with Crippen LogP contribution in [0.4, 0.5) is 5.82 Å². The number of hydrogen-bond acceptors (Lipinski definition) is 5. The first kappa shape index (κ1) is 18.7. The number of benzene rings is 1. The summed E-state index contributed by atoms with van der Waals surface area (Å²) >= 11 is 1.70. The number of hydrogen-bond donors (Lipinski definition) is 1. The molecule has 0 saturated heterocycles. The third kappa shape index (κ3) is 3.42. The van der Waals surface area contributed by atoms with Crippen LogP contribution in [0, 0.1) is 6.92 Å². The van der Waals surface area contributed by atoms with Crippen molar-refractivity contribution in [2.75, 3.05) is 12.4 Å². The number of aromatic nitrogens is 3. The van der Waals surface area contributed by atoms with E-state index in [1.54, 1.807) is 22.4 Å². The molecule has 28 heavy (non-hydrogen) atoms. The van der Waals surface area contributed by atoms with E-state index in [2.05, 4.69) is 36.2 Å². The smallest absolute Gasteiger partial charge is 0.259 e. The topological polar surface area (TPSA) is 63.1 Å². The molecule has 6 nitrogen and oxygen atoms in total. The maximum Gasteiger partial charge on any atom is 0.259 e. The molecule has 1 N–H and O–H groups in total. The Hall–Kier alpha value is -2.67. The number of aryl methyl sites for hydroxylation is 1. The second kappa shape index (κ2) is 7.05. The Kier molecular flexibility index (Phi) is 4.71. The zero-order valence-electron chi connectivity index (χ0n) is 16.6. The Morgan fingerprint density at radius 2 is 2.07 bits per heavy atom. The molecule has 7 heteroatoms. The number of nitrogens with zero attached hydrogens (tertiary/aromatic N) is 4.